The molecule has 1 aliphatic carbocycles. The van der Waals surface area contributed by atoms with Gasteiger partial charge in [-0.3, -0.25) is 5.10 Å². The quantitative estimate of drug-likeness (QED) is 0.172. The number of thiophene rings is 1. The molecule has 0 radical (unpaired) electrons. The number of aromatic amines is 1. The van der Waals surface area contributed by atoms with E-state index in [4.69, 9.17) is 31.1 Å². The number of hydrogen-bond acceptors (Lipinski definition) is 12. The number of H-pyrrole nitrogens is 1. The number of nitrogen functional groups attached to an aromatic ring is 2. The second kappa shape index (κ2) is 11.8. The Hall–Kier alpha value is -4.48. The summed E-state index contributed by atoms with van der Waals surface area (Å²) in [5, 5.41) is 31.4. The van der Waals surface area contributed by atoms with Crippen molar-refractivity contribution in [1.29, 1.82) is 5.26 Å². The lowest BCUT2D eigenvalue weighted by Crippen LogP contribution is -2.29. The molecule has 5 aromatic rings. The second-order valence-electron chi connectivity index (χ2n) is 12.2. The number of anilines is 3. The van der Waals surface area contributed by atoms with Gasteiger partial charge in [-0.1, -0.05) is 18.5 Å². The van der Waals surface area contributed by atoms with Crippen molar-refractivity contribution in [3.63, 3.8) is 0 Å². The summed E-state index contributed by atoms with van der Waals surface area (Å²) < 4.78 is 8.12. The van der Waals surface area contributed by atoms with Crippen LogP contribution in [0.2, 0.25) is 0 Å². The van der Waals surface area contributed by atoms with Crippen LogP contribution in [-0.4, -0.2) is 59.6 Å². The van der Waals surface area contributed by atoms with E-state index < -0.39 is 0 Å². The lowest BCUT2D eigenvalue weighted by molar-refractivity contribution is 0.276. The number of aromatic nitrogens is 7. The minimum atomic E-state index is -0.161. The van der Waals surface area contributed by atoms with Gasteiger partial charge >= 0.3 is 0 Å². The summed E-state index contributed by atoms with van der Waals surface area (Å²) >= 11 is 1.52. The summed E-state index contributed by atoms with van der Waals surface area (Å²) in [5.41, 5.74) is 17.0. The normalized spacial score (nSPS) is 19.2. The van der Waals surface area contributed by atoms with E-state index in [0.29, 0.717) is 39.8 Å². The molecule has 13 nitrogen and oxygen atoms in total. The predicted molar refractivity (Wildman–Crippen MR) is 174 cm³/mol. The summed E-state index contributed by atoms with van der Waals surface area (Å²) in [6.45, 7) is 5.98. The monoisotopic (exact) mass is 626 g/mol. The molecule has 0 bridgehead atoms. The molecule has 0 saturated carbocycles. The van der Waals surface area contributed by atoms with Crippen molar-refractivity contribution in [1.82, 2.24) is 40.0 Å². The molecule has 234 valence electrons. The third kappa shape index (κ3) is 5.19. The highest BCUT2D eigenvalue weighted by Gasteiger charge is 2.35. The summed E-state index contributed by atoms with van der Waals surface area (Å²) in [6.07, 6.45) is 8.54. The van der Waals surface area contributed by atoms with Gasteiger partial charge in [-0.2, -0.15) is 15.5 Å². The van der Waals surface area contributed by atoms with E-state index >= 15 is 0 Å². The minimum absolute atomic E-state index is 0.0876. The van der Waals surface area contributed by atoms with E-state index in [1.54, 1.807) is 0 Å². The largest absolute Gasteiger partial charge is 0.389 e. The smallest absolute Gasteiger partial charge is 0.186 e. The van der Waals surface area contributed by atoms with Crippen LogP contribution in [0.1, 0.15) is 90.9 Å². The molecule has 0 aromatic carbocycles. The van der Waals surface area contributed by atoms with Crippen LogP contribution in [0.25, 0.3) is 22.6 Å². The molecule has 6 heterocycles. The summed E-state index contributed by atoms with van der Waals surface area (Å²) in [5.74, 6) is 2.25. The van der Waals surface area contributed by atoms with Gasteiger partial charge in [0, 0.05) is 28.5 Å². The number of likely N-dealkylation sites (N-methyl/N-ethyl adjacent to an activating group) is 1. The summed E-state index contributed by atoms with van der Waals surface area (Å²) in [6, 6.07) is 4.41. The molecular formula is C31H38N12OS. The van der Waals surface area contributed by atoms with Crippen molar-refractivity contribution < 1.29 is 4.52 Å². The summed E-state index contributed by atoms with van der Waals surface area (Å²) in [4.78, 5) is 13.6. The van der Waals surface area contributed by atoms with E-state index in [1.165, 1.54) is 17.8 Å². The van der Waals surface area contributed by atoms with Crippen LogP contribution < -0.4 is 16.8 Å². The van der Waals surface area contributed by atoms with E-state index in [0.717, 1.165) is 90.1 Å². The number of rotatable bonds is 9. The van der Waals surface area contributed by atoms with Crippen LogP contribution in [0.15, 0.2) is 16.8 Å². The Morgan fingerprint density at radius 2 is 2.13 bits per heavy atom. The first-order valence-electron chi connectivity index (χ1n) is 15.7. The van der Waals surface area contributed by atoms with Gasteiger partial charge in [0.05, 0.1) is 35.4 Å². The van der Waals surface area contributed by atoms with Gasteiger partial charge in [-0.15, -0.1) is 11.3 Å². The first-order valence-corrected chi connectivity index (χ1v) is 16.5. The molecule has 1 aliphatic heterocycles. The van der Waals surface area contributed by atoms with Gasteiger partial charge in [0.25, 0.3) is 0 Å². The molecule has 0 spiro atoms. The maximum Gasteiger partial charge on any atom is 0.186 e. The fourth-order valence-corrected chi connectivity index (χ4v) is 8.07. The lowest BCUT2D eigenvalue weighted by atomic mass is 9.81. The second-order valence-corrected chi connectivity index (χ2v) is 13.3. The maximum absolute atomic E-state index is 10.0. The molecule has 14 heteroatoms. The van der Waals surface area contributed by atoms with Crippen LogP contribution in [0.3, 0.4) is 0 Å². The van der Waals surface area contributed by atoms with Crippen LogP contribution in [0.5, 0.6) is 0 Å². The maximum atomic E-state index is 10.0. The Bertz CT molecular complexity index is 1890. The number of nitrogens with two attached hydrogens (primary N) is 2. The fourth-order valence-electron chi connectivity index (χ4n) is 6.88. The number of fused-ring (bicyclic) bond motifs is 2. The van der Waals surface area contributed by atoms with Crippen LogP contribution >= 0.6 is 11.3 Å². The molecule has 1 fully saturated rings. The molecule has 3 atom stereocenters. The Balaban J connectivity index is 1.32. The molecule has 2 aliphatic rings. The molecule has 5 aromatic heterocycles. The number of nitriles is 1. The Kier molecular flexibility index (Phi) is 7.66. The van der Waals surface area contributed by atoms with Gasteiger partial charge in [-0.25, -0.2) is 14.6 Å². The van der Waals surface area contributed by atoms with Crippen molar-refractivity contribution in [2.45, 2.75) is 83.3 Å². The van der Waals surface area contributed by atoms with Gasteiger partial charge in [-0.05, 0) is 64.6 Å². The third-order valence-electron chi connectivity index (χ3n) is 9.24. The van der Waals surface area contributed by atoms with Crippen molar-refractivity contribution in [2.24, 2.45) is 0 Å². The van der Waals surface area contributed by atoms with E-state index in [2.05, 4.69) is 45.6 Å². The van der Waals surface area contributed by atoms with Crippen molar-refractivity contribution in [3.8, 4) is 17.6 Å². The topological polar surface area (TPSA) is 189 Å². The van der Waals surface area contributed by atoms with Crippen molar-refractivity contribution >= 4 is 39.0 Å². The highest BCUT2D eigenvalue weighted by atomic mass is 32.1. The minimum Gasteiger partial charge on any atom is -0.389 e. The zero-order chi connectivity index (χ0) is 31.2. The molecule has 3 unspecified atom stereocenters. The Labute approximate surface area is 265 Å². The van der Waals surface area contributed by atoms with Crippen molar-refractivity contribution in [3.05, 3.63) is 45.3 Å². The van der Waals surface area contributed by atoms with Gasteiger partial charge in [0.1, 0.15) is 28.5 Å². The average Bonchev–Trinajstić information content (AvgIpc) is 3.86. The van der Waals surface area contributed by atoms with Crippen molar-refractivity contribution in [2.75, 3.05) is 30.4 Å². The lowest BCUT2D eigenvalue weighted by Gasteiger charge is -2.22. The first kappa shape index (κ1) is 29.2. The molecular weight excluding hydrogens is 588 g/mol. The van der Waals surface area contributed by atoms with Crippen LogP contribution in [0, 0.1) is 11.3 Å². The highest BCUT2D eigenvalue weighted by Crippen LogP contribution is 2.46. The number of hydrogen-bond donors (Lipinski definition) is 4. The predicted octanol–water partition coefficient (Wildman–Crippen LogP) is 4.99. The Morgan fingerprint density at radius 3 is 2.87 bits per heavy atom. The molecule has 7 rings (SSSR count). The standard InChI is InChI=1S/C31H38N12OS/c1-4-7-23-25(20(13-32)28(34)45-23)18-9-5-10-19-26(41-44-27(18)19)30-37-29(36-16(2)22-12-24(33)40-39-22)21-14-35-43(31(21)38-30)15-17-8-6-11-42(17)3/h12,14,16-18H,4-11,15,34H2,1-3H3,(H3,33,39,40)(H,36,37,38). The first-order chi connectivity index (χ1) is 21.9. The van der Waals surface area contributed by atoms with Gasteiger partial charge in [0.15, 0.2) is 17.2 Å². The van der Waals surface area contributed by atoms with Gasteiger partial charge < -0.3 is 26.2 Å². The summed E-state index contributed by atoms with van der Waals surface area (Å²) in [7, 11) is 2.16. The van der Waals surface area contributed by atoms with E-state index in [1.807, 2.05) is 23.9 Å². The molecule has 6 N–H and O–H groups in total. The number of aryl methyl sites for hydroxylation is 1. The van der Waals surface area contributed by atoms with E-state index in [-0.39, 0.29) is 12.0 Å². The number of likely N-dealkylation sites (tertiary alicyclic amines) is 1. The highest BCUT2D eigenvalue weighted by molar-refractivity contribution is 7.16. The number of nitrogens with zero attached hydrogens (tertiary/aromatic N) is 8. The van der Waals surface area contributed by atoms with Crippen LogP contribution in [0.4, 0.5) is 16.6 Å². The Morgan fingerprint density at radius 1 is 1.27 bits per heavy atom. The zero-order valence-electron chi connectivity index (χ0n) is 25.8. The van der Waals surface area contributed by atoms with Crippen LogP contribution in [-0.2, 0) is 19.4 Å². The SMILES string of the molecule is CCCc1sc(N)c(C#N)c1C1CCCc2c(-c3nc(NC(C)c4cc(N)n[nH]4)c4cnn(CC5CCCN5C)c4n3)noc21. The molecule has 45 heavy (non-hydrogen) atoms. The average molecular weight is 627 g/mol. The van der Waals surface area contributed by atoms with Gasteiger partial charge in [0.2, 0.25) is 0 Å². The molecule has 1 saturated heterocycles. The molecule has 0 amide bonds. The number of nitrogens with one attached hydrogen (secondary N) is 2. The third-order valence-corrected chi connectivity index (χ3v) is 10.3. The van der Waals surface area contributed by atoms with E-state index in [9.17, 15) is 5.26 Å². The zero-order valence-corrected chi connectivity index (χ0v) is 26.6. The fraction of sp³-hybridized carbons (Fsp3) is 0.484.